The molecular weight excluding hydrogens is 474 g/mol. The fourth-order valence-corrected chi connectivity index (χ4v) is 5.36. The smallest absolute Gasteiger partial charge is 0.267 e. The Bertz CT molecular complexity index is 1520. The van der Waals surface area contributed by atoms with Gasteiger partial charge in [0.25, 0.3) is 11.5 Å². The average Bonchev–Trinajstić information content (AvgIpc) is 3.39. The zero-order chi connectivity index (χ0) is 25.2. The molecular formula is C26H31N7O2S. The lowest BCUT2D eigenvalue weighted by Gasteiger charge is -2.32. The highest BCUT2D eigenvalue weighted by Crippen LogP contribution is 2.15. The number of nitrogens with one attached hydrogen (secondary N) is 2. The summed E-state index contributed by atoms with van der Waals surface area (Å²) in [6.45, 7) is 7.60. The molecule has 1 aliphatic rings. The molecule has 0 aromatic carbocycles. The molecule has 0 bridgehead atoms. The molecule has 2 N–H and O–H groups in total. The zero-order valence-corrected chi connectivity index (χ0v) is 21.5. The lowest BCUT2D eigenvalue weighted by molar-refractivity contribution is 0.0938. The van der Waals surface area contributed by atoms with Crippen molar-refractivity contribution < 1.29 is 4.79 Å². The maximum absolute atomic E-state index is 13.5. The number of nitrogens with zero attached hydrogens (tertiary/aromatic N) is 5. The van der Waals surface area contributed by atoms with E-state index < -0.39 is 0 Å². The Hall–Kier alpha value is -3.34. The Labute approximate surface area is 213 Å². The molecule has 5 heterocycles. The Morgan fingerprint density at radius 2 is 1.94 bits per heavy atom. The van der Waals surface area contributed by atoms with Crippen LogP contribution in [0.5, 0.6) is 0 Å². The normalized spacial score (nSPS) is 15.1. The number of likely N-dealkylation sites (N-methyl/N-ethyl adjacent to an activating group) is 1. The van der Waals surface area contributed by atoms with Crippen LogP contribution in [0.15, 0.2) is 46.7 Å². The van der Waals surface area contributed by atoms with Gasteiger partial charge in [-0.3, -0.25) is 24.3 Å². The summed E-state index contributed by atoms with van der Waals surface area (Å²) in [7, 11) is 2.12. The van der Waals surface area contributed by atoms with Crippen LogP contribution in [0.1, 0.15) is 20.8 Å². The number of amides is 1. The summed E-state index contributed by atoms with van der Waals surface area (Å²) in [5, 5.41) is 14.2. The number of hydrogen-bond acceptors (Lipinski definition) is 7. The number of fused-ring (bicyclic) bond motifs is 2. The first-order valence-electron chi connectivity index (χ1n) is 12.2. The van der Waals surface area contributed by atoms with Crippen LogP contribution < -0.4 is 16.4 Å². The summed E-state index contributed by atoms with van der Waals surface area (Å²) in [6, 6.07) is 9.30. The van der Waals surface area contributed by atoms with Crippen molar-refractivity contribution in [1.29, 1.82) is 5.41 Å². The second-order valence-corrected chi connectivity index (χ2v) is 10.4. The standard InChI is InChI=1S/C26H31N7O2S/c1-18-5-3-9-33-23(18)29-24-21(26(33)35)17-20(22(27)32(24)10-7-19-6-4-16-36-19)25(34)28-8-11-31-14-12-30(2)13-15-31/h3-6,9,16-17,27H,7-8,10-15H2,1-2H3,(H,28,34). The Morgan fingerprint density at radius 1 is 1.14 bits per heavy atom. The third kappa shape index (κ3) is 4.84. The van der Waals surface area contributed by atoms with Crippen molar-refractivity contribution in [2.45, 2.75) is 19.9 Å². The van der Waals surface area contributed by atoms with Crippen molar-refractivity contribution in [3.63, 3.8) is 0 Å². The molecule has 0 spiro atoms. The first-order valence-corrected chi connectivity index (χ1v) is 13.1. The van der Waals surface area contributed by atoms with Crippen molar-refractivity contribution in [3.8, 4) is 0 Å². The van der Waals surface area contributed by atoms with Gasteiger partial charge in [0, 0.05) is 56.9 Å². The van der Waals surface area contributed by atoms with Crippen LogP contribution in [0.3, 0.4) is 0 Å². The number of rotatable bonds is 7. The molecule has 1 fully saturated rings. The van der Waals surface area contributed by atoms with E-state index in [2.05, 4.69) is 22.2 Å². The van der Waals surface area contributed by atoms with E-state index in [4.69, 9.17) is 10.4 Å². The second-order valence-electron chi connectivity index (χ2n) is 9.33. The second kappa shape index (κ2) is 10.3. The highest BCUT2D eigenvalue weighted by molar-refractivity contribution is 7.09. The van der Waals surface area contributed by atoms with Gasteiger partial charge in [-0.15, -0.1) is 11.3 Å². The monoisotopic (exact) mass is 505 g/mol. The molecule has 4 aromatic heterocycles. The van der Waals surface area contributed by atoms with E-state index in [-0.39, 0.29) is 22.5 Å². The van der Waals surface area contributed by atoms with Crippen LogP contribution in [-0.4, -0.2) is 76.0 Å². The van der Waals surface area contributed by atoms with Gasteiger partial charge in [-0.05, 0) is 49.5 Å². The molecule has 1 saturated heterocycles. The third-order valence-electron chi connectivity index (χ3n) is 6.85. The minimum Gasteiger partial charge on any atom is -0.351 e. The molecule has 0 aliphatic carbocycles. The summed E-state index contributed by atoms with van der Waals surface area (Å²) >= 11 is 1.65. The Morgan fingerprint density at radius 3 is 2.69 bits per heavy atom. The van der Waals surface area contributed by atoms with E-state index in [1.807, 2.05) is 36.6 Å². The van der Waals surface area contributed by atoms with Crippen molar-refractivity contribution in [1.82, 2.24) is 29.1 Å². The largest absolute Gasteiger partial charge is 0.351 e. The minimum absolute atomic E-state index is 0.0704. The lowest BCUT2D eigenvalue weighted by Crippen LogP contribution is -2.47. The van der Waals surface area contributed by atoms with Gasteiger partial charge in [-0.2, -0.15) is 0 Å². The Kier molecular flexibility index (Phi) is 6.99. The van der Waals surface area contributed by atoms with E-state index in [1.165, 1.54) is 15.3 Å². The average molecular weight is 506 g/mol. The zero-order valence-electron chi connectivity index (χ0n) is 20.7. The van der Waals surface area contributed by atoms with Gasteiger partial charge in [-0.25, -0.2) is 4.98 Å². The van der Waals surface area contributed by atoms with Gasteiger partial charge in [0.2, 0.25) is 0 Å². The van der Waals surface area contributed by atoms with Crippen LogP contribution in [0, 0.1) is 12.3 Å². The van der Waals surface area contributed by atoms with Crippen LogP contribution in [0.2, 0.25) is 0 Å². The van der Waals surface area contributed by atoms with Crippen molar-refractivity contribution in [2.75, 3.05) is 46.3 Å². The lowest BCUT2D eigenvalue weighted by atomic mass is 10.1. The highest BCUT2D eigenvalue weighted by Gasteiger charge is 2.19. The summed E-state index contributed by atoms with van der Waals surface area (Å²) in [6.07, 6.45) is 2.38. The van der Waals surface area contributed by atoms with Gasteiger partial charge in [0.15, 0.2) is 0 Å². The number of carbonyl (C=O) groups is 1. The van der Waals surface area contributed by atoms with Crippen LogP contribution in [0.25, 0.3) is 16.7 Å². The van der Waals surface area contributed by atoms with E-state index in [1.54, 1.807) is 22.1 Å². The summed E-state index contributed by atoms with van der Waals surface area (Å²) in [5.41, 5.74) is 1.89. The summed E-state index contributed by atoms with van der Waals surface area (Å²) in [5.74, 6) is -0.338. The predicted molar refractivity (Wildman–Crippen MR) is 142 cm³/mol. The fraction of sp³-hybridized carbons (Fsp3) is 0.385. The number of hydrogen-bond donors (Lipinski definition) is 2. The first kappa shape index (κ1) is 24.4. The van der Waals surface area contributed by atoms with Gasteiger partial charge in [0.05, 0.1) is 10.9 Å². The first-order chi connectivity index (χ1) is 17.4. The van der Waals surface area contributed by atoms with E-state index in [0.29, 0.717) is 36.2 Å². The van der Waals surface area contributed by atoms with Gasteiger partial charge in [-0.1, -0.05) is 12.1 Å². The third-order valence-corrected chi connectivity index (χ3v) is 7.79. The van der Waals surface area contributed by atoms with Gasteiger partial charge < -0.3 is 14.8 Å². The number of thiophene rings is 1. The number of piperazine rings is 1. The predicted octanol–water partition coefficient (Wildman–Crippen LogP) is 1.72. The molecule has 5 rings (SSSR count). The number of pyridine rings is 2. The van der Waals surface area contributed by atoms with E-state index in [0.717, 1.165) is 38.3 Å². The minimum atomic E-state index is -0.338. The van der Waals surface area contributed by atoms with E-state index in [9.17, 15) is 9.59 Å². The molecule has 4 aromatic rings. The molecule has 188 valence electrons. The van der Waals surface area contributed by atoms with Crippen molar-refractivity contribution >= 4 is 33.9 Å². The summed E-state index contributed by atoms with van der Waals surface area (Å²) in [4.78, 5) is 37.3. The van der Waals surface area contributed by atoms with Crippen LogP contribution >= 0.6 is 11.3 Å². The quantitative estimate of drug-likeness (QED) is 0.373. The molecule has 0 unspecified atom stereocenters. The molecule has 9 nitrogen and oxygen atoms in total. The van der Waals surface area contributed by atoms with Crippen molar-refractivity contribution in [3.05, 3.63) is 73.8 Å². The van der Waals surface area contributed by atoms with E-state index >= 15 is 0 Å². The molecule has 10 heteroatoms. The van der Waals surface area contributed by atoms with Crippen molar-refractivity contribution in [2.24, 2.45) is 0 Å². The highest BCUT2D eigenvalue weighted by atomic mass is 32.1. The maximum atomic E-state index is 13.5. The van der Waals surface area contributed by atoms with Crippen LogP contribution in [0.4, 0.5) is 0 Å². The molecule has 1 amide bonds. The summed E-state index contributed by atoms with van der Waals surface area (Å²) < 4.78 is 3.22. The van der Waals surface area contributed by atoms with Gasteiger partial charge >= 0.3 is 0 Å². The topological polar surface area (TPSA) is 98.7 Å². The SMILES string of the molecule is Cc1cccn2c(=O)c3cc(C(=O)NCCN4CCN(C)CC4)c(=N)n(CCc4cccs4)c3nc12. The number of aryl methyl sites for hydroxylation is 3. The maximum Gasteiger partial charge on any atom is 0.267 e. The van der Waals surface area contributed by atoms with Crippen LogP contribution in [-0.2, 0) is 13.0 Å². The fourth-order valence-electron chi connectivity index (χ4n) is 4.66. The molecule has 0 radical (unpaired) electrons. The molecule has 1 aliphatic heterocycles. The molecule has 0 saturated carbocycles. The Balaban J connectivity index is 1.50. The number of aromatic nitrogens is 3. The number of carbonyl (C=O) groups excluding carboxylic acids is 1. The van der Waals surface area contributed by atoms with Gasteiger partial charge in [0.1, 0.15) is 16.8 Å². The molecule has 0 atom stereocenters. The molecule has 36 heavy (non-hydrogen) atoms.